The van der Waals surface area contributed by atoms with Gasteiger partial charge in [0.25, 0.3) is 0 Å². The van der Waals surface area contributed by atoms with Crippen LogP contribution in [0.15, 0.2) is 30.4 Å². The number of amides is 1. The lowest BCUT2D eigenvalue weighted by Crippen LogP contribution is -2.36. The number of carboxylic acid groups (broad SMARTS) is 1. The van der Waals surface area contributed by atoms with E-state index >= 15 is 0 Å². The van der Waals surface area contributed by atoms with E-state index in [2.05, 4.69) is 17.2 Å². The van der Waals surface area contributed by atoms with Crippen LogP contribution in [0.1, 0.15) is 24.2 Å². The molecule has 3 N–H and O–H groups in total. The van der Waals surface area contributed by atoms with Crippen molar-refractivity contribution in [1.29, 1.82) is 0 Å². The molecule has 0 aliphatic carbocycles. The molecule has 0 spiro atoms. The number of Topliss-reactive ketones (excluding diaryl/α,β-unsaturated/α-hetero) is 1. The van der Waals surface area contributed by atoms with E-state index in [1.54, 1.807) is 7.05 Å². The van der Waals surface area contributed by atoms with Crippen molar-refractivity contribution in [3.8, 4) is 0 Å². The monoisotopic (exact) mass is 406 g/mol. The first-order valence-corrected chi connectivity index (χ1v) is 8.43. The highest BCUT2D eigenvalue weighted by Crippen LogP contribution is 2.20. The zero-order valence-corrected chi connectivity index (χ0v) is 16.2. The van der Waals surface area contributed by atoms with Gasteiger partial charge in [-0.1, -0.05) is 6.58 Å². The molecule has 0 bridgehead atoms. The van der Waals surface area contributed by atoms with Gasteiger partial charge in [0, 0.05) is 24.0 Å². The molecule has 0 aliphatic heterocycles. The topological polar surface area (TPSA) is 148 Å². The van der Waals surface area contributed by atoms with Crippen molar-refractivity contribution in [1.82, 2.24) is 0 Å². The largest absolute Gasteiger partial charge is 0.478 e. The maximum absolute atomic E-state index is 12.4. The number of ketones is 1. The molecule has 0 saturated heterocycles. The van der Waals surface area contributed by atoms with Crippen molar-refractivity contribution in [2.75, 3.05) is 30.9 Å². The van der Waals surface area contributed by atoms with Crippen molar-refractivity contribution in [2.24, 2.45) is 5.92 Å². The number of carbonyl (C=O) groups is 5. The Morgan fingerprint density at radius 1 is 1.03 bits per heavy atom. The summed E-state index contributed by atoms with van der Waals surface area (Å²) in [7, 11) is 1.56. The lowest BCUT2D eigenvalue weighted by atomic mass is 10.0. The zero-order chi connectivity index (χ0) is 22.1. The smallest absolute Gasteiger partial charge is 0.335 e. The summed E-state index contributed by atoms with van der Waals surface area (Å²) >= 11 is 0. The molecule has 29 heavy (non-hydrogen) atoms. The molecule has 1 aromatic rings. The average Bonchev–Trinajstić information content (AvgIpc) is 2.64. The van der Waals surface area contributed by atoms with Crippen molar-refractivity contribution < 1.29 is 38.6 Å². The van der Waals surface area contributed by atoms with Gasteiger partial charge in [0.1, 0.15) is 13.2 Å². The van der Waals surface area contributed by atoms with Gasteiger partial charge in [-0.15, -0.1) is 0 Å². The minimum atomic E-state index is -1.77. The maximum Gasteiger partial charge on any atom is 0.335 e. The summed E-state index contributed by atoms with van der Waals surface area (Å²) in [6, 6.07) is 3.96. The maximum atomic E-state index is 12.4. The lowest BCUT2D eigenvalue weighted by molar-refractivity contribution is -0.157. The number of hydrogen-bond donors (Lipinski definition) is 3. The zero-order valence-electron chi connectivity index (χ0n) is 16.2. The van der Waals surface area contributed by atoms with Crippen LogP contribution in [-0.4, -0.2) is 55.0 Å². The van der Waals surface area contributed by atoms with Gasteiger partial charge in [-0.25, -0.2) is 9.59 Å². The van der Waals surface area contributed by atoms with Crippen molar-refractivity contribution in [3.05, 3.63) is 35.9 Å². The Morgan fingerprint density at radius 2 is 1.62 bits per heavy atom. The molecule has 0 heterocycles. The summed E-state index contributed by atoms with van der Waals surface area (Å²) in [6.45, 7) is 5.26. The van der Waals surface area contributed by atoms with Gasteiger partial charge >= 0.3 is 17.9 Å². The lowest BCUT2D eigenvalue weighted by Gasteiger charge is -2.15. The second-order valence-electron chi connectivity index (χ2n) is 5.97. The number of hydrogen-bond acceptors (Lipinski definition) is 8. The molecule has 1 amide bonds. The highest BCUT2D eigenvalue weighted by molar-refractivity contribution is 6.19. The number of esters is 2. The third-order valence-corrected chi connectivity index (χ3v) is 3.55. The molecule has 0 aromatic heterocycles. The summed E-state index contributed by atoms with van der Waals surface area (Å²) < 4.78 is 9.57. The fourth-order valence-electron chi connectivity index (χ4n) is 2.12. The van der Waals surface area contributed by atoms with E-state index < -0.39 is 35.5 Å². The second kappa shape index (κ2) is 10.6. The predicted octanol–water partition coefficient (Wildman–Crippen LogP) is 1.23. The minimum absolute atomic E-state index is 0.0775. The molecule has 0 radical (unpaired) electrons. The fourth-order valence-corrected chi connectivity index (χ4v) is 2.12. The quantitative estimate of drug-likeness (QED) is 0.226. The summed E-state index contributed by atoms with van der Waals surface area (Å²) in [5, 5.41) is 14.2. The molecule has 1 rings (SSSR count). The van der Waals surface area contributed by atoms with Crippen molar-refractivity contribution in [2.45, 2.75) is 13.8 Å². The number of carbonyl (C=O) groups excluding carboxylic acids is 4. The number of aromatic carboxylic acids is 1. The molecule has 1 aromatic carbocycles. The standard InChI is InChI=1S/C19H22N2O8/c1-10(2)18(26)28-5-6-29-19(27)15(11(3)22)16(23)21-14-8-12(17(24)25)7-13(9-14)20-4/h7-9,15,20H,1,5-6H2,2-4H3,(H,21,23)(H,24,25). The third-order valence-electron chi connectivity index (χ3n) is 3.55. The highest BCUT2D eigenvalue weighted by Gasteiger charge is 2.33. The Kier molecular flexibility index (Phi) is 8.53. The summed E-state index contributed by atoms with van der Waals surface area (Å²) in [6.07, 6.45) is 0. The van der Waals surface area contributed by atoms with Crippen LogP contribution in [0.5, 0.6) is 0 Å². The van der Waals surface area contributed by atoms with Crippen molar-refractivity contribution >= 4 is 41.0 Å². The van der Waals surface area contributed by atoms with E-state index in [-0.39, 0.29) is 30.0 Å². The Balaban J connectivity index is 2.82. The van der Waals surface area contributed by atoms with E-state index in [4.69, 9.17) is 14.6 Å². The number of benzene rings is 1. The Morgan fingerprint density at radius 3 is 2.14 bits per heavy atom. The number of rotatable bonds is 10. The van der Waals surface area contributed by atoms with Crippen LogP contribution in [0.3, 0.4) is 0 Å². The van der Waals surface area contributed by atoms with Crippen molar-refractivity contribution in [3.63, 3.8) is 0 Å². The first-order valence-electron chi connectivity index (χ1n) is 8.43. The molecule has 0 aliphatic rings. The average molecular weight is 406 g/mol. The van der Waals surface area contributed by atoms with Gasteiger partial charge in [-0.2, -0.15) is 0 Å². The Labute approximate surface area is 166 Å². The van der Waals surface area contributed by atoms with Gasteiger partial charge in [-0.05, 0) is 32.0 Å². The second-order valence-corrected chi connectivity index (χ2v) is 5.97. The number of ether oxygens (including phenoxy) is 2. The van der Waals surface area contributed by atoms with Gasteiger partial charge in [0.05, 0.1) is 5.56 Å². The van der Waals surface area contributed by atoms with E-state index in [1.165, 1.54) is 25.1 Å². The molecule has 1 unspecified atom stereocenters. The normalized spacial score (nSPS) is 11.0. The molecule has 10 heteroatoms. The number of carboxylic acids is 1. The molecular formula is C19H22N2O8. The highest BCUT2D eigenvalue weighted by atomic mass is 16.6. The number of nitrogens with one attached hydrogen (secondary N) is 2. The van der Waals surface area contributed by atoms with E-state index in [9.17, 15) is 24.0 Å². The molecule has 1 atom stereocenters. The van der Waals surface area contributed by atoms with Gasteiger partial charge in [0.2, 0.25) is 5.91 Å². The summed E-state index contributed by atoms with van der Waals surface area (Å²) in [5.74, 6) is -6.52. The van der Waals surface area contributed by atoms with E-state index in [1.807, 2.05) is 0 Å². The van der Waals surface area contributed by atoms with Crippen LogP contribution in [-0.2, 0) is 28.7 Å². The molecule has 10 nitrogen and oxygen atoms in total. The van der Waals surface area contributed by atoms with Crippen LogP contribution in [0, 0.1) is 5.92 Å². The van der Waals surface area contributed by atoms with Crippen LogP contribution in [0.4, 0.5) is 11.4 Å². The third kappa shape index (κ3) is 7.09. The van der Waals surface area contributed by atoms with Gasteiger partial charge < -0.3 is 25.2 Å². The molecule has 0 fully saturated rings. The first kappa shape index (κ1) is 23.3. The van der Waals surface area contributed by atoms with Gasteiger partial charge in [0.15, 0.2) is 11.7 Å². The van der Waals surface area contributed by atoms with E-state index in [0.29, 0.717) is 5.69 Å². The van der Waals surface area contributed by atoms with Gasteiger partial charge in [-0.3, -0.25) is 14.4 Å². The summed E-state index contributed by atoms with van der Waals surface area (Å²) in [5.41, 5.74) is 0.547. The molecule has 156 valence electrons. The number of anilines is 2. The summed E-state index contributed by atoms with van der Waals surface area (Å²) in [4.78, 5) is 58.7. The molecule has 0 saturated carbocycles. The van der Waals surface area contributed by atoms with Crippen LogP contribution >= 0.6 is 0 Å². The van der Waals surface area contributed by atoms with E-state index in [0.717, 1.165) is 6.92 Å². The van der Waals surface area contributed by atoms with Crippen LogP contribution < -0.4 is 10.6 Å². The fraction of sp³-hybridized carbons (Fsp3) is 0.316. The predicted molar refractivity (Wildman–Crippen MR) is 102 cm³/mol. The Bertz CT molecular complexity index is 847. The first-order chi connectivity index (χ1) is 13.6. The van der Waals surface area contributed by atoms with Crippen LogP contribution in [0.25, 0.3) is 0 Å². The SMILES string of the molecule is C=C(C)C(=O)OCCOC(=O)C(C(C)=O)C(=O)Nc1cc(NC)cc(C(=O)O)c1. The van der Waals surface area contributed by atoms with Crippen LogP contribution in [0.2, 0.25) is 0 Å². The Hall–Kier alpha value is -3.69. The minimum Gasteiger partial charge on any atom is -0.478 e. The molecular weight excluding hydrogens is 384 g/mol.